The lowest BCUT2D eigenvalue weighted by atomic mass is 9.67. The molecule has 0 saturated heterocycles. The summed E-state index contributed by atoms with van der Waals surface area (Å²) in [6, 6.07) is 34.4. The van der Waals surface area contributed by atoms with Crippen LogP contribution >= 0.6 is 0 Å². The van der Waals surface area contributed by atoms with E-state index in [0.717, 1.165) is 11.4 Å². The molecule has 0 saturated carbocycles. The summed E-state index contributed by atoms with van der Waals surface area (Å²) in [5.74, 6) is 0. The largest absolute Gasteiger partial charge is 0.399 e. The Morgan fingerprint density at radius 1 is 0.556 bits per heavy atom. The summed E-state index contributed by atoms with van der Waals surface area (Å²) in [5, 5.41) is 0. The SMILES string of the molecule is Nc1ccc(C2(c3ccc([NH3+])cc3)c3ccccc3-c3ccccc32)cc1. The molecular weight excluding hydrogens is 328 g/mol. The monoisotopic (exact) mass is 349 g/mol. The Morgan fingerprint density at radius 2 is 1.00 bits per heavy atom. The maximum Gasteiger partial charge on any atom is 0.127 e. The van der Waals surface area contributed by atoms with E-state index in [1.165, 1.54) is 33.4 Å². The first-order valence-corrected chi connectivity index (χ1v) is 9.19. The van der Waals surface area contributed by atoms with Crippen LogP contribution in [0.15, 0.2) is 97.1 Å². The van der Waals surface area contributed by atoms with Crippen LogP contribution in [-0.2, 0) is 5.41 Å². The van der Waals surface area contributed by atoms with Crippen LogP contribution in [0.3, 0.4) is 0 Å². The summed E-state index contributed by atoms with van der Waals surface area (Å²) < 4.78 is 0. The lowest BCUT2D eigenvalue weighted by Gasteiger charge is -2.33. The van der Waals surface area contributed by atoms with Gasteiger partial charge >= 0.3 is 0 Å². The predicted molar refractivity (Wildman–Crippen MR) is 111 cm³/mol. The number of benzene rings is 4. The molecule has 1 aliphatic carbocycles. The molecule has 0 bridgehead atoms. The third-order valence-electron chi connectivity index (χ3n) is 5.68. The van der Waals surface area contributed by atoms with Crippen LogP contribution in [-0.4, -0.2) is 0 Å². The number of nitrogens with two attached hydrogens (primary N) is 1. The Hall–Kier alpha value is -3.36. The molecule has 27 heavy (non-hydrogen) atoms. The number of hydrogen-bond donors (Lipinski definition) is 2. The van der Waals surface area contributed by atoms with Crippen molar-refractivity contribution in [2.24, 2.45) is 0 Å². The molecule has 2 heteroatoms. The average molecular weight is 349 g/mol. The first-order valence-electron chi connectivity index (χ1n) is 9.19. The Bertz CT molecular complexity index is 1030. The lowest BCUT2D eigenvalue weighted by molar-refractivity contribution is -0.254. The Labute approximate surface area is 159 Å². The fourth-order valence-electron chi connectivity index (χ4n) is 4.51. The van der Waals surface area contributed by atoms with Crippen molar-refractivity contribution in [2.75, 3.05) is 5.73 Å². The summed E-state index contributed by atoms with van der Waals surface area (Å²) >= 11 is 0. The lowest BCUT2D eigenvalue weighted by Crippen LogP contribution is -2.40. The molecule has 4 aromatic carbocycles. The number of nitrogen functional groups attached to an aromatic ring is 1. The Morgan fingerprint density at radius 3 is 1.52 bits per heavy atom. The van der Waals surface area contributed by atoms with Gasteiger partial charge in [0.2, 0.25) is 0 Å². The zero-order chi connectivity index (χ0) is 18.4. The van der Waals surface area contributed by atoms with Gasteiger partial charge in [-0.2, -0.15) is 0 Å². The highest BCUT2D eigenvalue weighted by Crippen LogP contribution is 2.55. The molecule has 0 heterocycles. The van der Waals surface area contributed by atoms with Crippen molar-refractivity contribution in [3.05, 3.63) is 119 Å². The second-order valence-electron chi connectivity index (χ2n) is 7.16. The molecule has 0 atom stereocenters. The van der Waals surface area contributed by atoms with Gasteiger partial charge in [0.25, 0.3) is 0 Å². The van der Waals surface area contributed by atoms with Gasteiger partial charge in [0.15, 0.2) is 0 Å². The third kappa shape index (κ3) is 2.17. The maximum absolute atomic E-state index is 6.01. The van der Waals surface area contributed by atoms with Crippen LogP contribution in [0.1, 0.15) is 22.3 Å². The van der Waals surface area contributed by atoms with Crippen molar-refractivity contribution in [2.45, 2.75) is 5.41 Å². The first-order chi connectivity index (χ1) is 13.2. The molecule has 5 N–H and O–H groups in total. The number of hydrogen-bond acceptors (Lipinski definition) is 1. The minimum Gasteiger partial charge on any atom is -0.399 e. The zero-order valence-corrected chi connectivity index (χ0v) is 15.0. The number of quaternary nitrogens is 1. The topological polar surface area (TPSA) is 53.7 Å². The van der Waals surface area contributed by atoms with Gasteiger partial charge in [-0.25, -0.2) is 0 Å². The second-order valence-corrected chi connectivity index (χ2v) is 7.16. The van der Waals surface area contributed by atoms with Gasteiger partial charge in [0.1, 0.15) is 5.69 Å². The molecule has 2 nitrogen and oxygen atoms in total. The van der Waals surface area contributed by atoms with Crippen LogP contribution < -0.4 is 11.5 Å². The third-order valence-corrected chi connectivity index (χ3v) is 5.68. The highest BCUT2D eigenvalue weighted by molar-refractivity contribution is 5.86. The van der Waals surface area contributed by atoms with Crippen LogP contribution in [0.25, 0.3) is 11.1 Å². The molecular formula is C25H21N2+. The van der Waals surface area contributed by atoms with E-state index in [4.69, 9.17) is 5.73 Å². The highest BCUT2D eigenvalue weighted by atomic mass is 14.6. The maximum atomic E-state index is 6.01. The van der Waals surface area contributed by atoms with Crippen molar-refractivity contribution in [1.29, 1.82) is 0 Å². The molecule has 0 aliphatic heterocycles. The summed E-state index contributed by atoms with van der Waals surface area (Å²) in [4.78, 5) is 0. The van der Waals surface area contributed by atoms with Crippen LogP contribution in [0.4, 0.5) is 11.4 Å². The van der Waals surface area contributed by atoms with E-state index in [0.29, 0.717) is 0 Å². The minimum absolute atomic E-state index is 0.353. The van der Waals surface area contributed by atoms with Gasteiger partial charge in [0.05, 0.1) is 5.41 Å². The molecule has 1 aliphatic rings. The Kier molecular flexibility index (Phi) is 3.43. The molecule has 130 valence electrons. The molecule has 5 rings (SSSR count). The van der Waals surface area contributed by atoms with E-state index in [1.807, 2.05) is 12.1 Å². The van der Waals surface area contributed by atoms with Crippen LogP contribution in [0, 0.1) is 0 Å². The van der Waals surface area contributed by atoms with Crippen molar-refractivity contribution in [3.63, 3.8) is 0 Å². The van der Waals surface area contributed by atoms with Crippen LogP contribution in [0.5, 0.6) is 0 Å². The number of anilines is 1. The summed E-state index contributed by atoms with van der Waals surface area (Å²) in [5.41, 5.74) is 19.2. The van der Waals surface area contributed by atoms with E-state index in [2.05, 4.69) is 90.7 Å². The molecule has 0 amide bonds. The van der Waals surface area contributed by atoms with Crippen molar-refractivity contribution in [1.82, 2.24) is 0 Å². The van der Waals surface area contributed by atoms with Gasteiger partial charge in [-0.3, -0.25) is 0 Å². The van der Waals surface area contributed by atoms with Crippen molar-refractivity contribution in [3.8, 4) is 11.1 Å². The van der Waals surface area contributed by atoms with Crippen molar-refractivity contribution < 1.29 is 5.73 Å². The molecule has 0 radical (unpaired) electrons. The van der Waals surface area contributed by atoms with Crippen molar-refractivity contribution >= 4 is 11.4 Å². The fraction of sp³-hybridized carbons (Fsp3) is 0.0400. The number of fused-ring (bicyclic) bond motifs is 3. The Balaban J connectivity index is 1.94. The van der Waals surface area contributed by atoms with Gasteiger partial charge < -0.3 is 11.5 Å². The van der Waals surface area contributed by atoms with E-state index in [1.54, 1.807) is 0 Å². The molecule has 0 fully saturated rings. The van der Waals surface area contributed by atoms with Gasteiger partial charge in [-0.15, -0.1) is 0 Å². The highest BCUT2D eigenvalue weighted by Gasteiger charge is 2.45. The molecule has 0 spiro atoms. The standard InChI is InChI=1S/C25H20N2/c26-19-13-9-17(10-14-19)25(18-11-15-20(27)16-12-18)23-7-3-1-5-21(23)22-6-2-4-8-24(22)25/h1-16H,26-27H2/p+1. The van der Waals surface area contributed by atoms with Gasteiger partial charge in [0, 0.05) is 5.69 Å². The minimum atomic E-state index is -0.353. The second kappa shape index (κ2) is 5.83. The zero-order valence-electron chi connectivity index (χ0n) is 15.0. The average Bonchev–Trinajstić information content (AvgIpc) is 3.01. The van der Waals surface area contributed by atoms with Gasteiger partial charge in [-0.1, -0.05) is 72.8 Å². The van der Waals surface area contributed by atoms with Crippen LogP contribution in [0.2, 0.25) is 0 Å². The van der Waals surface area contributed by atoms with E-state index in [-0.39, 0.29) is 5.41 Å². The summed E-state index contributed by atoms with van der Waals surface area (Å²) in [7, 11) is 0. The normalized spacial score (nSPS) is 13.8. The number of rotatable bonds is 2. The molecule has 0 unspecified atom stereocenters. The molecule has 0 aromatic heterocycles. The van der Waals surface area contributed by atoms with E-state index >= 15 is 0 Å². The summed E-state index contributed by atoms with van der Waals surface area (Å²) in [6.07, 6.45) is 0. The predicted octanol–water partition coefficient (Wildman–Crippen LogP) is 4.51. The van der Waals surface area contributed by atoms with E-state index in [9.17, 15) is 0 Å². The first kappa shape index (κ1) is 15.9. The fourth-order valence-corrected chi connectivity index (χ4v) is 4.51. The van der Waals surface area contributed by atoms with E-state index < -0.39 is 0 Å². The summed E-state index contributed by atoms with van der Waals surface area (Å²) in [6.45, 7) is 0. The quantitative estimate of drug-likeness (QED) is 0.453. The smallest absolute Gasteiger partial charge is 0.127 e. The molecule has 4 aromatic rings. The van der Waals surface area contributed by atoms with Gasteiger partial charge in [-0.05, 0) is 57.6 Å².